The number of aromatic nitrogens is 1. The second kappa shape index (κ2) is 7.90. The van der Waals surface area contributed by atoms with Crippen molar-refractivity contribution in [1.29, 1.82) is 0 Å². The van der Waals surface area contributed by atoms with Crippen LogP contribution >= 0.6 is 11.3 Å². The van der Waals surface area contributed by atoms with Gasteiger partial charge in [0.05, 0.1) is 23.5 Å². The first-order valence-electron chi connectivity index (χ1n) is 7.79. The molecule has 0 unspecified atom stereocenters. The van der Waals surface area contributed by atoms with Crippen LogP contribution in [0.15, 0.2) is 53.9 Å². The molecule has 4 nitrogen and oxygen atoms in total. The van der Waals surface area contributed by atoms with E-state index in [0.29, 0.717) is 6.42 Å². The molecule has 1 aromatic heterocycles. The van der Waals surface area contributed by atoms with Crippen molar-refractivity contribution in [1.82, 2.24) is 4.98 Å². The Kier molecular flexibility index (Phi) is 5.40. The number of rotatable bonds is 6. The molecule has 3 rings (SSSR count). The van der Waals surface area contributed by atoms with Gasteiger partial charge in [0.15, 0.2) is 0 Å². The molecule has 25 heavy (non-hydrogen) atoms. The first-order valence-corrected chi connectivity index (χ1v) is 8.67. The van der Waals surface area contributed by atoms with Gasteiger partial charge in [-0.25, -0.2) is 9.37 Å². The zero-order valence-electron chi connectivity index (χ0n) is 13.7. The molecule has 0 saturated carbocycles. The van der Waals surface area contributed by atoms with Gasteiger partial charge in [-0.05, 0) is 36.4 Å². The van der Waals surface area contributed by atoms with E-state index in [1.54, 1.807) is 25.3 Å². The number of nitrogens with zero attached hydrogens (tertiary/aromatic N) is 1. The molecule has 1 heterocycles. The van der Waals surface area contributed by atoms with Crippen molar-refractivity contribution < 1.29 is 13.9 Å². The summed E-state index contributed by atoms with van der Waals surface area (Å²) in [5, 5.41) is 5.41. The molecule has 0 atom stereocenters. The second-order valence-electron chi connectivity index (χ2n) is 5.38. The Labute approximate surface area is 149 Å². The van der Waals surface area contributed by atoms with Crippen molar-refractivity contribution in [2.24, 2.45) is 0 Å². The number of halogens is 1. The van der Waals surface area contributed by atoms with Gasteiger partial charge in [0, 0.05) is 23.8 Å². The highest BCUT2D eigenvalue weighted by molar-refractivity contribution is 7.09. The molecule has 2 aromatic carbocycles. The summed E-state index contributed by atoms with van der Waals surface area (Å²) in [6.07, 6.45) is 0.769. The van der Waals surface area contributed by atoms with Crippen molar-refractivity contribution in [2.45, 2.75) is 12.8 Å². The third-order valence-electron chi connectivity index (χ3n) is 3.65. The topological polar surface area (TPSA) is 51.2 Å². The number of hydrogen-bond acceptors (Lipinski definition) is 4. The lowest BCUT2D eigenvalue weighted by atomic mass is 10.2. The lowest BCUT2D eigenvalue weighted by molar-refractivity contribution is -0.116. The number of methoxy groups -OCH3 is 1. The van der Waals surface area contributed by atoms with Crippen LogP contribution in [0, 0.1) is 5.82 Å². The van der Waals surface area contributed by atoms with E-state index in [2.05, 4.69) is 10.3 Å². The number of nitrogens with one attached hydrogen (secondary N) is 1. The van der Waals surface area contributed by atoms with Gasteiger partial charge in [-0.1, -0.05) is 12.1 Å². The molecule has 0 saturated heterocycles. The number of carbonyl (C=O) groups excluding carboxylic acids is 1. The molecule has 128 valence electrons. The van der Waals surface area contributed by atoms with Crippen LogP contribution in [0.5, 0.6) is 5.75 Å². The van der Waals surface area contributed by atoms with Gasteiger partial charge in [-0.2, -0.15) is 0 Å². The van der Waals surface area contributed by atoms with Crippen molar-refractivity contribution in [3.63, 3.8) is 0 Å². The van der Waals surface area contributed by atoms with E-state index in [-0.39, 0.29) is 18.0 Å². The highest BCUT2D eigenvalue weighted by atomic mass is 32.1. The summed E-state index contributed by atoms with van der Waals surface area (Å²) in [6.45, 7) is 0. The summed E-state index contributed by atoms with van der Waals surface area (Å²) in [7, 11) is 1.63. The molecule has 3 aromatic rings. The van der Waals surface area contributed by atoms with E-state index in [1.807, 2.05) is 29.6 Å². The predicted molar refractivity (Wildman–Crippen MR) is 97.5 cm³/mol. The fourth-order valence-electron chi connectivity index (χ4n) is 2.32. The molecular weight excluding hydrogens is 339 g/mol. The Morgan fingerprint density at radius 3 is 2.68 bits per heavy atom. The van der Waals surface area contributed by atoms with Crippen LogP contribution in [0.2, 0.25) is 0 Å². The molecule has 6 heteroatoms. The number of carbonyl (C=O) groups is 1. The molecule has 1 amide bonds. The van der Waals surface area contributed by atoms with Gasteiger partial charge in [0.2, 0.25) is 5.91 Å². The van der Waals surface area contributed by atoms with E-state index < -0.39 is 5.82 Å². The smallest absolute Gasteiger partial charge is 0.224 e. The van der Waals surface area contributed by atoms with Crippen molar-refractivity contribution >= 4 is 22.9 Å². The molecule has 0 fully saturated rings. The summed E-state index contributed by atoms with van der Waals surface area (Å²) in [6, 6.07) is 13.8. The van der Waals surface area contributed by atoms with Crippen LogP contribution in [0.3, 0.4) is 0 Å². The summed E-state index contributed by atoms with van der Waals surface area (Å²) in [4.78, 5) is 16.5. The van der Waals surface area contributed by atoms with Crippen LogP contribution < -0.4 is 10.1 Å². The normalized spacial score (nSPS) is 10.5. The summed E-state index contributed by atoms with van der Waals surface area (Å²) in [5.74, 6) is 0.127. The number of ether oxygens (including phenoxy) is 1. The zero-order valence-corrected chi connectivity index (χ0v) is 14.5. The quantitative estimate of drug-likeness (QED) is 0.706. The molecule has 0 spiro atoms. The maximum absolute atomic E-state index is 13.5. The van der Waals surface area contributed by atoms with Gasteiger partial charge in [0.25, 0.3) is 0 Å². The molecule has 0 radical (unpaired) electrons. The molecular formula is C19H17FN2O2S. The number of anilines is 1. The highest BCUT2D eigenvalue weighted by Gasteiger charge is 2.09. The maximum atomic E-state index is 13.5. The van der Waals surface area contributed by atoms with Gasteiger partial charge in [0.1, 0.15) is 11.6 Å². The second-order valence-corrected chi connectivity index (χ2v) is 6.33. The SMILES string of the molecule is COc1ccc(-c2csc(CCC(=O)Nc3ccccc3F)n2)cc1. The number of thiazole rings is 1. The zero-order chi connectivity index (χ0) is 17.6. The van der Waals surface area contributed by atoms with E-state index in [0.717, 1.165) is 22.0 Å². The Balaban J connectivity index is 1.58. The van der Waals surface area contributed by atoms with Crippen molar-refractivity contribution in [3.05, 3.63) is 64.7 Å². The van der Waals surface area contributed by atoms with Gasteiger partial charge >= 0.3 is 0 Å². The van der Waals surface area contributed by atoms with Crippen molar-refractivity contribution in [2.75, 3.05) is 12.4 Å². The fourth-order valence-corrected chi connectivity index (χ4v) is 3.12. The van der Waals surface area contributed by atoms with E-state index >= 15 is 0 Å². The Bertz CT molecular complexity index is 862. The molecule has 0 bridgehead atoms. The van der Waals surface area contributed by atoms with E-state index in [4.69, 9.17) is 4.74 Å². The van der Waals surface area contributed by atoms with Crippen LogP contribution in [-0.4, -0.2) is 18.0 Å². The Morgan fingerprint density at radius 2 is 1.96 bits per heavy atom. The van der Waals surface area contributed by atoms with E-state index in [1.165, 1.54) is 17.4 Å². The minimum atomic E-state index is -0.438. The number of para-hydroxylation sites is 1. The summed E-state index contributed by atoms with van der Waals surface area (Å²) in [5.41, 5.74) is 2.07. The molecule has 0 aliphatic carbocycles. The highest BCUT2D eigenvalue weighted by Crippen LogP contribution is 2.24. The fraction of sp³-hybridized carbons (Fsp3) is 0.158. The number of benzene rings is 2. The minimum absolute atomic E-state index is 0.200. The third kappa shape index (κ3) is 4.42. The average Bonchev–Trinajstić information content (AvgIpc) is 3.11. The third-order valence-corrected chi connectivity index (χ3v) is 4.56. The first-order chi connectivity index (χ1) is 12.2. The number of hydrogen-bond donors (Lipinski definition) is 1. The number of aryl methyl sites for hydroxylation is 1. The van der Waals surface area contributed by atoms with Crippen LogP contribution in [-0.2, 0) is 11.2 Å². The largest absolute Gasteiger partial charge is 0.497 e. The van der Waals surface area contributed by atoms with Gasteiger partial charge in [-0.3, -0.25) is 4.79 Å². The number of amides is 1. The molecule has 1 N–H and O–H groups in total. The van der Waals surface area contributed by atoms with Crippen molar-refractivity contribution in [3.8, 4) is 17.0 Å². The molecule has 0 aliphatic rings. The first kappa shape index (κ1) is 17.1. The minimum Gasteiger partial charge on any atom is -0.497 e. The lowest BCUT2D eigenvalue weighted by Crippen LogP contribution is -2.13. The van der Waals surface area contributed by atoms with E-state index in [9.17, 15) is 9.18 Å². The molecule has 0 aliphatic heterocycles. The maximum Gasteiger partial charge on any atom is 0.224 e. The monoisotopic (exact) mass is 356 g/mol. The Hall–Kier alpha value is -2.73. The summed E-state index contributed by atoms with van der Waals surface area (Å²) < 4.78 is 18.7. The van der Waals surface area contributed by atoms with Gasteiger partial charge in [-0.15, -0.1) is 11.3 Å². The predicted octanol–water partition coefficient (Wildman–Crippen LogP) is 4.53. The average molecular weight is 356 g/mol. The Morgan fingerprint density at radius 1 is 1.20 bits per heavy atom. The standard InChI is InChI=1S/C19H17FN2O2S/c1-24-14-8-6-13(7-9-14)17-12-25-19(22-17)11-10-18(23)21-16-5-3-2-4-15(16)20/h2-9,12H,10-11H2,1H3,(H,21,23). The van der Waals surface area contributed by atoms with Crippen LogP contribution in [0.25, 0.3) is 11.3 Å². The summed E-state index contributed by atoms with van der Waals surface area (Å²) >= 11 is 1.51. The van der Waals surface area contributed by atoms with Crippen LogP contribution in [0.4, 0.5) is 10.1 Å². The van der Waals surface area contributed by atoms with Gasteiger partial charge < -0.3 is 10.1 Å². The lowest BCUT2D eigenvalue weighted by Gasteiger charge is -2.05. The van der Waals surface area contributed by atoms with Crippen LogP contribution in [0.1, 0.15) is 11.4 Å².